The van der Waals surface area contributed by atoms with Crippen molar-refractivity contribution >= 4 is 7.12 Å². The molecule has 1 aliphatic carbocycles. The first-order valence-corrected chi connectivity index (χ1v) is 9.84. The smallest absolute Gasteiger partial charge is 0.403 e. The first-order chi connectivity index (χ1) is 11.7. The van der Waals surface area contributed by atoms with Gasteiger partial charge < -0.3 is 9.31 Å². The van der Waals surface area contributed by atoms with E-state index in [-0.39, 0.29) is 23.6 Å². The fourth-order valence-electron chi connectivity index (χ4n) is 3.94. The van der Waals surface area contributed by atoms with Gasteiger partial charge >= 0.3 is 7.12 Å². The van der Waals surface area contributed by atoms with Crippen molar-refractivity contribution in [1.82, 2.24) is 0 Å². The van der Waals surface area contributed by atoms with Crippen LogP contribution in [0.3, 0.4) is 0 Å². The number of benzene rings is 1. The second kappa shape index (κ2) is 6.93. The van der Waals surface area contributed by atoms with Crippen LogP contribution in [0.15, 0.2) is 42.0 Å². The van der Waals surface area contributed by atoms with Crippen molar-refractivity contribution in [3.63, 3.8) is 0 Å². The van der Waals surface area contributed by atoms with Crippen molar-refractivity contribution in [1.29, 1.82) is 0 Å². The standard InChI is InChI=1S/C22H33BO2/c1-20(2)21(3,4)25-23(24-20)22(5,19-14-10-7-11-15-19)17-16-18-12-8-6-9-13-18/h6,8-9,12-14H,7,10-11,15-17H2,1-5H3/t22-/m1/s1. The number of rotatable bonds is 5. The van der Waals surface area contributed by atoms with Crippen molar-refractivity contribution in [3.05, 3.63) is 47.5 Å². The molecule has 2 nitrogen and oxygen atoms in total. The molecule has 0 unspecified atom stereocenters. The summed E-state index contributed by atoms with van der Waals surface area (Å²) < 4.78 is 13.0. The van der Waals surface area contributed by atoms with E-state index in [2.05, 4.69) is 71.0 Å². The number of hydrogen-bond donors (Lipinski definition) is 0. The van der Waals surface area contributed by atoms with Gasteiger partial charge in [0.25, 0.3) is 0 Å². The predicted molar refractivity (Wildman–Crippen MR) is 106 cm³/mol. The number of allylic oxidation sites excluding steroid dienone is 2. The topological polar surface area (TPSA) is 18.5 Å². The summed E-state index contributed by atoms with van der Waals surface area (Å²) in [5.41, 5.74) is 2.37. The minimum absolute atomic E-state index is 0.0682. The van der Waals surface area contributed by atoms with Crippen LogP contribution in [0.5, 0.6) is 0 Å². The summed E-state index contributed by atoms with van der Waals surface area (Å²) in [7, 11) is -0.175. The first-order valence-electron chi connectivity index (χ1n) is 9.84. The van der Waals surface area contributed by atoms with Crippen molar-refractivity contribution < 1.29 is 9.31 Å². The van der Waals surface area contributed by atoms with Gasteiger partial charge in [0.1, 0.15) is 0 Å². The van der Waals surface area contributed by atoms with Crippen molar-refractivity contribution in [2.75, 3.05) is 0 Å². The lowest BCUT2D eigenvalue weighted by Gasteiger charge is -2.36. The van der Waals surface area contributed by atoms with Gasteiger partial charge in [-0.2, -0.15) is 0 Å². The van der Waals surface area contributed by atoms with Gasteiger partial charge in [0.15, 0.2) is 0 Å². The van der Waals surface area contributed by atoms with Crippen LogP contribution in [0.2, 0.25) is 5.31 Å². The van der Waals surface area contributed by atoms with Gasteiger partial charge in [-0.1, -0.05) is 48.9 Å². The molecular formula is C22H33BO2. The van der Waals surface area contributed by atoms with E-state index < -0.39 is 0 Å². The Morgan fingerprint density at radius 3 is 2.20 bits per heavy atom. The Labute approximate surface area is 154 Å². The molecule has 1 aromatic carbocycles. The molecule has 0 saturated carbocycles. The Balaban J connectivity index is 1.86. The third kappa shape index (κ3) is 3.73. The van der Waals surface area contributed by atoms with E-state index in [0.29, 0.717) is 0 Å². The zero-order valence-electron chi connectivity index (χ0n) is 16.6. The average Bonchev–Trinajstić information content (AvgIpc) is 2.82. The maximum absolute atomic E-state index is 6.51. The molecule has 0 amide bonds. The SMILES string of the molecule is CC1(C)OB([C@](C)(CCc2ccccc2)C2=CCCCC2)OC1(C)C. The fraction of sp³-hybridized carbons (Fsp3) is 0.636. The molecule has 3 rings (SSSR count). The van der Waals surface area contributed by atoms with Gasteiger partial charge in [-0.15, -0.1) is 0 Å². The number of hydrogen-bond acceptors (Lipinski definition) is 2. The summed E-state index contributed by atoms with van der Waals surface area (Å²) in [6.45, 7) is 11.0. The third-order valence-corrected chi connectivity index (χ3v) is 6.57. The second-order valence-corrected chi connectivity index (χ2v) is 8.97. The molecule has 25 heavy (non-hydrogen) atoms. The molecular weight excluding hydrogens is 307 g/mol. The molecule has 1 fully saturated rings. The quantitative estimate of drug-likeness (QED) is 0.485. The fourth-order valence-corrected chi connectivity index (χ4v) is 3.94. The maximum atomic E-state index is 6.51. The molecule has 1 aromatic rings. The van der Waals surface area contributed by atoms with Gasteiger partial charge in [0, 0.05) is 5.31 Å². The highest BCUT2D eigenvalue weighted by Crippen LogP contribution is 2.53. The lowest BCUT2D eigenvalue weighted by molar-refractivity contribution is 0.00578. The van der Waals surface area contributed by atoms with Crippen LogP contribution in [0.4, 0.5) is 0 Å². The second-order valence-electron chi connectivity index (χ2n) is 8.97. The Kier molecular flexibility index (Phi) is 5.19. The molecule has 0 aromatic heterocycles. The van der Waals surface area contributed by atoms with Crippen LogP contribution < -0.4 is 0 Å². The summed E-state index contributed by atoms with van der Waals surface area (Å²) >= 11 is 0. The van der Waals surface area contributed by atoms with Crippen LogP contribution in [0, 0.1) is 0 Å². The summed E-state index contributed by atoms with van der Waals surface area (Å²) in [5, 5.41) is -0.0682. The summed E-state index contributed by atoms with van der Waals surface area (Å²) in [6.07, 6.45) is 9.52. The summed E-state index contributed by atoms with van der Waals surface area (Å²) in [4.78, 5) is 0. The lowest BCUT2D eigenvalue weighted by atomic mass is 9.51. The van der Waals surface area contributed by atoms with Crippen molar-refractivity contribution in [2.24, 2.45) is 0 Å². The Bertz CT molecular complexity index is 604. The molecule has 0 N–H and O–H groups in total. The predicted octanol–water partition coefficient (Wildman–Crippen LogP) is 5.97. The van der Waals surface area contributed by atoms with E-state index in [0.717, 1.165) is 12.8 Å². The molecule has 136 valence electrons. The molecule has 0 radical (unpaired) electrons. The normalized spacial score (nSPS) is 24.7. The van der Waals surface area contributed by atoms with Gasteiger partial charge in [-0.25, -0.2) is 0 Å². The largest absolute Gasteiger partial charge is 0.468 e. The number of aryl methyl sites for hydroxylation is 1. The van der Waals surface area contributed by atoms with Crippen LogP contribution >= 0.6 is 0 Å². The Morgan fingerprint density at radius 2 is 1.64 bits per heavy atom. The highest BCUT2D eigenvalue weighted by molar-refractivity contribution is 6.50. The highest BCUT2D eigenvalue weighted by Gasteiger charge is 2.58. The van der Waals surface area contributed by atoms with E-state index in [4.69, 9.17) is 9.31 Å². The van der Waals surface area contributed by atoms with Crippen molar-refractivity contribution in [3.8, 4) is 0 Å². The minimum atomic E-state index is -0.277. The van der Waals surface area contributed by atoms with Gasteiger partial charge in [0.2, 0.25) is 0 Å². The molecule has 1 atom stereocenters. The highest BCUT2D eigenvalue weighted by atomic mass is 16.7. The molecule has 1 aliphatic heterocycles. The molecule has 1 heterocycles. The van der Waals surface area contributed by atoms with Gasteiger partial charge in [-0.3, -0.25) is 0 Å². The lowest BCUT2D eigenvalue weighted by Crippen LogP contribution is -2.41. The molecule has 0 bridgehead atoms. The van der Waals surface area contributed by atoms with Gasteiger partial charge in [-0.05, 0) is 71.8 Å². The van der Waals surface area contributed by atoms with Crippen LogP contribution in [0.25, 0.3) is 0 Å². The van der Waals surface area contributed by atoms with E-state index in [1.807, 2.05) is 0 Å². The van der Waals surface area contributed by atoms with E-state index in [9.17, 15) is 0 Å². The van der Waals surface area contributed by atoms with Crippen molar-refractivity contribution in [2.45, 2.75) is 89.7 Å². The van der Waals surface area contributed by atoms with Gasteiger partial charge in [0.05, 0.1) is 11.2 Å². The Hall–Kier alpha value is -1.06. The maximum Gasteiger partial charge on any atom is 0.468 e. The zero-order valence-corrected chi connectivity index (χ0v) is 16.6. The third-order valence-electron chi connectivity index (χ3n) is 6.57. The minimum Gasteiger partial charge on any atom is -0.403 e. The van der Waals surface area contributed by atoms with Crippen LogP contribution in [-0.4, -0.2) is 18.3 Å². The molecule has 2 aliphatic rings. The summed E-state index contributed by atoms with van der Waals surface area (Å²) in [6, 6.07) is 10.8. The van der Waals surface area contributed by atoms with E-state index in [1.165, 1.54) is 36.8 Å². The first kappa shape index (κ1) is 18.7. The Morgan fingerprint density at radius 1 is 1.00 bits per heavy atom. The van der Waals surface area contributed by atoms with Crippen LogP contribution in [0.1, 0.15) is 72.3 Å². The zero-order chi connectivity index (χ0) is 18.1. The average molecular weight is 340 g/mol. The molecule has 0 spiro atoms. The molecule has 1 saturated heterocycles. The van der Waals surface area contributed by atoms with E-state index >= 15 is 0 Å². The monoisotopic (exact) mass is 340 g/mol. The summed E-state index contributed by atoms with van der Waals surface area (Å²) in [5.74, 6) is 0. The van der Waals surface area contributed by atoms with Crippen LogP contribution in [-0.2, 0) is 15.7 Å². The van der Waals surface area contributed by atoms with E-state index in [1.54, 1.807) is 0 Å². The molecule has 3 heteroatoms.